The standard InChI is InChI=1S/C20H23N5O2/c1-13(2)11-17(18-21-12-22-25(18)3)24-20(27)15-9-10-16(23-19(15)26)14-7-5-4-6-8-14/h4-10,12-13,17H,11H2,1-3H3,(H,23,26)(H,24,27)/t17-/m0/s1. The highest BCUT2D eigenvalue weighted by Gasteiger charge is 2.22. The molecule has 0 radical (unpaired) electrons. The number of H-pyrrole nitrogens is 1. The Kier molecular flexibility index (Phi) is 5.49. The molecule has 3 aromatic rings. The number of aryl methyl sites for hydroxylation is 1. The number of hydrogen-bond donors (Lipinski definition) is 2. The Morgan fingerprint density at radius 1 is 1.19 bits per heavy atom. The summed E-state index contributed by atoms with van der Waals surface area (Å²) >= 11 is 0. The maximum absolute atomic E-state index is 12.7. The van der Waals surface area contributed by atoms with E-state index in [0.29, 0.717) is 23.9 Å². The van der Waals surface area contributed by atoms with Crippen LogP contribution in [0.15, 0.2) is 53.6 Å². The van der Waals surface area contributed by atoms with Crippen LogP contribution in [0.1, 0.15) is 42.5 Å². The molecule has 2 aromatic heterocycles. The average Bonchev–Trinajstić information content (AvgIpc) is 3.07. The van der Waals surface area contributed by atoms with Crippen molar-refractivity contribution in [2.75, 3.05) is 0 Å². The zero-order chi connectivity index (χ0) is 19.4. The molecular weight excluding hydrogens is 342 g/mol. The lowest BCUT2D eigenvalue weighted by Gasteiger charge is -2.19. The number of rotatable bonds is 6. The number of nitrogens with one attached hydrogen (secondary N) is 2. The second kappa shape index (κ2) is 7.99. The smallest absolute Gasteiger partial charge is 0.261 e. The molecule has 0 aliphatic heterocycles. The molecule has 0 bridgehead atoms. The Bertz CT molecular complexity index is 975. The van der Waals surface area contributed by atoms with E-state index in [4.69, 9.17) is 0 Å². The van der Waals surface area contributed by atoms with Gasteiger partial charge in [0.05, 0.1) is 6.04 Å². The summed E-state index contributed by atoms with van der Waals surface area (Å²) < 4.78 is 1.63. The van der Waals surface area contributed by atoms with E-state index in [1.54, 1.807) is 23.9 Å². The van der Waals surface area contributed by atoms with Gasteiger partial charge in [0.2, 0.25) is 0 Å². The highest BCUT2D eigenvalue weighted by molar-refractivity contribution is 5.94. The van der Waals surface area contributed by atoms with E-state index in [1.807, 2.05) is 30.3 Å². The van der Waals surface area contributed by atoms with Crippen LogP contribution in [0.5, 0.6) is 0 Å². The van der Waals surface area contributed by atoms with E-state index >= 15 is 0 Å². The highest BCUT2D eigenvalue weighted by atomic mass is 16.2. The quantitative estimate of drug-likeness (QED) is 0.702. The minimum Gasteiger partial charge on any atom is -0.342 e. The number of amides is 1. The Morgan fingerprint density at radius 3 is 2.52 bits per heavy atom. The number of carbonyl (C=O) groups is 1. The molecule has 0 unspecified atom stereocenters. The summed E-state index contributed by atoms with van der Waals surface area (Å²) in [6.45, 7) is 4.13. The van der Waals surface area contributed by atoms with E-state index in [2.05, 4.69) is 34.2 Å². The number of aromatic amines is 1. The summed E-state index contributed by atoms with van der Waals surface area (Å²) in [5.74, 6) is 0.574. The van der Waals surface area contributed by atoms with E-state index in [-0.39, 0.29) is 11.6 Å². The molecule has 0 aliphatic carbocycles. The fourth-order valence-corrected chi connectivity index (χ4v) is 3.00. The zero-order valence-electron chi connectivity index (χ0n) is 15.6. The molecule has 1 aromatic carbocycles. The lowest BCUT2D eigenvalue weighted by atomic mass is 10.0. The van der Waals surface area contributed by atoms with Crippen LogP contribution in [0, 0.1) is 5.92 Å². The fourth-order valence-electron chi connectivity index (χ4n) is 3.00. The van der Waals surface area contributed by atoms with Crippen LogP contribution in [-0.2, 0) is 7.05 Å². The van der Waals surface area contributed by atoms with Crippen LogP contribution in [0.3, 0.4) is 0 Å². The first-order valence-electron chi connectivity index (χ1n) is 8.89. The Labute approximate surface area is 157 Å². The van der Waals surface area contributed by atoms with E-state index in [9.17, 15) is 9.59 Å². The number of aromatic nitrogens is 4. The first-order valence-corrected chi connectivity index (χ1v) is 8.89. The number of pyridine rings is 1. The van der Waals surface area contributed by atoms with Gasteiger partial charge in [-0.1, -0.05) is 44.2 Å². The SMILES string of the molecule is CC(C)C[C@H](NC(=O)c1ccc(-c2ccccc2)[nH]c1=O)c1ncnn1C. The molecule has 7 nitrogen and oxygen atoms in total. The largest absolute Gasteiger partial charge is 0.342 e. The number of hydrogen-bond acceptors (Lipinski definition) is 4. The van der Waals surface area contributed by atoms with Gasteiger partial charge in [-0.15, -0.1) is 0 Å². The molecule has 3 rings (SSSR count). The predicted octanol–water partition coefficient (Wildman–Crippen LogP) is 2.69. The first-order chi connectivity index (χ1) is 13.0. The minimum atomic E-state index is -0.426. The highest BCUT2D eigenvalue weighted by Crippen LogP contribution is 2.20. The molecule has 0 saturated heterocycles. The van der Waals surface area contributed by atoms with Gasteiger partial charge in [-0.2, -0.15) is 5.10 Å². The summed E-state index contributed by atoms with van der Waals surface area (Å²) in [5, 5.41) is 7.00. The van der Waals surface area contributed by atoms with Crippen LogP contribution in [0.4, 0.5) is 0 Å². The monoisotopic (exact) mass is 365 g/mol. The van der Waals surface area contributed by atoms with Gasteiger partial charge in [-0.3, -0.25) is 14.3 Å². The lowest BCUT2D eigenvalue weighted by molar-refractivity contribution is 0.0927. The van der Waals surface area contributed by atoms with Crippen molar-refractivity contribution >= 4 is 5.91 Å². The average molecular weight is 365 g/mol. The van der Waals surface area contributed by atoms with Gasteiger partial charge in [0.1, 0.15) is 17.7 Å². The summed E-state index contributed by atoms with van der Waals surface area (Å²) in [6.07, 6.45) is 2.15. The van der Waals surface area contributed by atoms with E-state index in [1.165, 1.54) is 6.33 Å². The summed E-state index contributed by atoms with van der Waals surface area (Å²) in [6, 6.07) is 12.5. The van der Waals surface area contributed by atoms with Gasteiger partial charge in [0.25, 0.3) is 11.5 Å². The molecular formula is C20H23N5O2. The van der Waals surface area contributed by atoms with Gasteiger partial charge >= 0.3 is 0 Å². The van der Waals surface area contributed by atoms with Crippen molar-refractivity contribution in [1.29, 1.82) is 0 Å². The fraction of sp³-hybridized carbons (Fsp3) is 0.300. The summed E-state index contributed by atoms with van der Waals surface area (Å²) in [7, 11) is 1.78. The lowest BCUT2D eigenvalue weighted by Crippen LogP contribution is -2.34. The molecule has 0 saturated carbocycles. The Hall–Kier alpha value is -3.22. The minimum absolute atomic E-state index is 0.0746. The third-order valence-corrected chi connectivity index (χ3v) is 4.31. The van der Waals surface area contributed by atoms with Gasteiger partial charge in [0, 0.05) is 12.7 Å². The van der Waals surface area contributed by atoms with Crippen molar-refractivity contribution in [2.45, 2.75) is 26.3 Å². The molecule has 1 atom stereocenters. The Morgan fingerprint density at radius 2 is 1.93 bits per heavy atom. The molecule has 2 heterocycles. The van der Waals surface area contributed by atoms with Crippen LogP contribution < -0.4 is 10.9 Å². The second-order valence-corrected chi connectivity index (χ2v) is 6.88. The van der Waals surface area contributed by atoms with Gasteiger partial charge in [-0.05, 0) is 30.0 Å². The van der Waals surface area contributed by atoms with Crippen molar-refractivity contribution < 1.29 is 4.79 Å². The normalized spacial score (nSPS) is 12.1. The number of nitrogens with zero attached hydrogens (tertiary/aromatic N) is 3. The Balaban J connectivity index is 1.84. The molecule has 0 aliphatic rings. The second-order valence-electron chi connectivity index (χ2n) is 6.88. The molecule has 27 heavy (non-hydrogen) atoms. The van der Waals surface area contributed by atoms with Crippen LogP contribution in [0.25, 0.3) is 11.3 Å². The maximum Gasteiger partial charge on any atom is 0.261 e. The summed E-state index contributed by atoms with van der Waals surface area (Å²) in [4.78, 5) is 32.2. The predicted molar refractivity (Wildman–Crippen MR) is 103 cm³/mol. The van der Waals surface area contributed by atoms with Crippen molar-refractivity contribution in [3.63, 3.8) is 0 Å². The van der Waals surface area contributed by atoms with Crippen molar-refractivity contribution in [1.82, 2.24) is 25.1 Å². The molecule has 0 fully saturated rings. The van der Waals surface area contributed by atoms with Crippen LogP contribution in [0.2, 0.25) is 0 Å². The molecule has 1 amide bonds. The maximum atomic E-state index is 12.7. The van der Waals surface area contributed by atoms with Crippen molar-refractivity contribution in [3.8, 4) is 11.3 Å². The molecule has 7 heteroatoms. The van der Waals surface area contributed by atoms with Crippen molar-refractivity contribution in [2.24, 2.45) is 13.0 Å². The third-order valence-electron chi connectivity index (χ3n) is 4.31. The van der Waals surface area contributed by atoms with Gasteiger partial charge < -0.3 is 10.3 Å². The molecule has 0 spiro atoms. The van der Waals surface area contributed by atoms with Crippen LogP contribution >= 0.6 is 0 Å². The number of benzene rings is 1. The molecule has 2 N–H and O–H groups in total. The van der Waals surface area contributed by atoms with Crippen LogP contribution in [-0.4, -0.2) is 25.7 Å². The van der Waals surface area contributed by atoms with Gasteiger partial charge in [0.15, 0.2) is 0 Å². The number of carbonyl (C=O) groups excluding carboxylic acids is 1. The van der Waals surface area contributed by atoms with E-state index < -0.39 is 11.5 Å². The van der Waals surface area contributed by atoms with Crippen molar-refractivity contribution in [3.05, 3.63) is 70.5 Å². The summed E-state index contributed by atoms with van der Waals surface area (Å²) in [5.41, 5.74) is 1.21. The van der Waals surface area contributed by atoms with E-state index in [0.717, 1.165) is 5.56 Å². The third kappa shape index (κ3) is 4.31. The molecule has 140 valence electrons. The van der Waals surface area contributed by atoms with Gasteiger partial charge in [-0.25, -0.2) is 4.98 Å². The topological polar surface area (TPSA) is 92.7 Å². The first kappa shape index (κ1) is 18.6. The zero-order valence-corrected chi connectivity index (χ0v) is 15.6.